The predicted octanol–water partition coefficient (Wildman–Crippen LogP) is 4.21. The largest absolute Gasteiger partial charge is 0.484 e. The number of aliphatic imine (C=N–C) groups is 1. The molecule has 2 rings (SSSR count). The summed E-state index contributed by atoms with van der Waals surface area (Å²) in [6.45, 7) is 3.59. The van der Waals surface area contributed by atoms with Gasteiger partial charge < -0.3 is 20.1 Å². The van der Waals surface area contributed by atoms with Gasteiger partial charge in [0.2, 0.25) is 5.88 Å². The Hall–Kier alpha value is -2.24. The lowest BCUT2D eigenvalue weighted by Gasteiger charge is -2.16. The molecule has 0 fully saturated rings. The summed E-state index contributed by atoms with van der Waals surface area (Å²) < 4.78 is 47.8. The van der Waals surface area contributed by atoms with E-state index >= 15 is 0 Å². The first-order valence-electron chi connectivity index (χ1n) is 9.11. The van der Waals surface area contributed by atoms with E-state index in [4.69, 9.17) is 9.47 Å². The van der Waals surface area contributed by atoms with E-state index in [0.717, 1.165) is 11.1 Å². The highest BCUT2D eigenvalue weighted by atomic mass is 127. The van der Waals surface area contributed by atoms with Crippen LogP contribution in [0.5, 0.6) is 11.6 Å². The van der Waals surface area contributed by atoms with Crippen LogP contribution in [0.1, 0.15) is 23.6 Å². The van der Waals surface area contributed by atoms with Crippen LogP contribution in [0.3, 0.4) is 0 Å². The normalized spacial score (nSPS) is 11.5. The summed E-state index contributed by atoms with van der Waals surface area (Å²) in [5.41, 5.74) is 2.23. The SMILES string of the molecule is CCNC(=NCc1cccnc1OC)NCc1ccc(C)cc1OCC(F)(F)F.I. The summed E-state index contributed by atoms with van der Waals surface area (Å²) in [7, 11) is 1.54. The van der Waals surface area contributed by atoms with Gasteiger partial charge in [-0.25, -0.2) is 9.98 Å². The Balaban J connectivity index is 0.00000450. The van der Waals surface area contributed by atoms with Crippen LogP contribution < -0.4 is 20.1 Å². The molecule has 2 N–H and O–H groups in total. The quantitative estimate of drug-likeness (QED) is 0.300. The van der Waals surface area contributed by atoms with E-state index in [1.807, 2.05) is 19.1 Å². The highest BCUT2D eigenvalue weighted by Crippen LogP contribution is 2.23. The number of alkyl halides is 3. The van der Waals surface area contributed by atoms with Crippen molar-refractivity contribution in [1.82, 2.24) is 15.6 Å². The van der Waals surface area contributed by atoms with E-state index < -0.39 is 12.8 Å². The van der Waals surface area contributed by atoms with E-state index in [1.54, 1.807) is 38.4 Å². The predicted molar refractivity (Wildman–Crippen MR) is 121 cm³/mol. The number of nitrogens with one attached hydrogen (secondary N) is 2. The van der Waals surface area contributed by atoms with Gasteiger partial charge in [0.1, 0.15) is 5.75 Å². The molecular formula is C20H26F3IN4O2. The molecule has 0 radical (unpaired) electrons. The zero-order chi connectivity index (χ0) is 21.3. The third kappa shape index (κ3) is 8.64. The average molecular weight is 538 g/mol. The van der Waals surface area contributed by atoms with E-state index in [1.165, 1.54) is 0 Å². The molecule has 10 heteroatoms. The Morgan fingerprint density at radius 2 is 1.93 bits per heavy atom. The van der Waals surface area contributed by atoms with Crippen molar-refractivity contribution in [2.75, 3.05) is 20.3 Å². The number of nitrogens with zero attached hydrogens (tertiary/aromatic N) is 2. The number of benzene rings is 1. The number of aromatic nitrogens is 1. The first-order valence-corrected chi connectivity index (χ1v) is 9.11. The molecule has 2 aromatic rings. The number of hydrogen-bond acceptors (Lipinski definition) is 4. The number of rotatable bonds is 8. The van der Waals surface area contributed by atoms with Crippen molar-refractivity contribution in [2.24, 2.45) is 4.99 Å². The molecule has 1 aromatic carbocycles. The van der Waals surface area contributed by atoms with Gasteiger partial charge in [0.25, 0.3) is 0 Å². The smallest absolute Gasteiger partial charge is 0.422 e. The van der Waals surface area contributed by atoms with E-state index in [2.05, 4.69) is 20.6 Å². The first-order chi connectivity index (χ1) is 13.8. The summed E-state index contributed by atoms with van der Waals surface area (Å²) in [4.78, 5) is 8.63. The standard InChI is InChI=1S/C20H25F3N4O2.HI/c1-4-24-19(27-12-16-6-5-9-25-18(16)28-3)26-11-15-8-7-14(2)10-17(15)29-13-20(21,22)23;/h5-10H,4,11-13H2,1-3H3,(H2,24,26,27);1H. The lowest BCUT2D eigenvalue weighted by Crippen LogP contribution is -2.37. The lowest BCUT2D eigenvalue weighted by atomic mass is 10.1. The maximum Gasteiger partial charge on any atom is 0.422 e. The molecule has 0 aliphatic carbocycles. The fourth-order valence-electron chi connectivity index (χ4n) is 2.51. The maximum atomic E-state index is 12.5. The van der Waals surface area contributed by atoms with Crippen LogP contribution in [0.25, 0.3) is 0 Å². The molecule has 0 saturated carbocycles. The van der Waals surface area contributed by atoms with Gasteiger partial charge in [-0.15, -0.1) is 24.0 Å². The average Bonchev–Trinajstić information content (AvgIpc) is 2.69. The van der Waals surface area contributed by atoms with Crippen molar-refractivity contribution in [1.29, 1.82) is 0 Å². The minimum absolute atomic E-state index is 0. The van der Waals surface area contributed by atoms with Crippen molar-refractivity contribution >= 4 is 29.9 Å². The molecule has 6 nitrogen and oxygen atoms in total. The van der Waals surface area contributed by atoms with E-state index in [0.29, 0.717) is 30.5 Å². The number of methoxy groups -OCH3 is 1. The van der Waals surface area contributed by atoms with Gasteiger partial charge in [0, 0.05) is 30.4 Å². The molecule has 1 heterocycles. The Bertz CT molecular complexity index is 832. The van der Waals surface area contributed by atoms with Crippen LogP contribution in [0, 0.1) is 6.92 Å². The zero-order valence-corrected chi connectivity index (χ0v) is 19.4. The van der Waals surface area contributed by atoms with Gasteiger partial charge in [0.15, 0.2) is 12.6 Å². The maximum absolute atomic E-state index is 12.5. The molecule has 0 aliphatic heterocycles. The third-order valence-electron chi connectivity index (χ3n) is 3.86. The number of halogens is 4. The third-order valence-corrected chi connectivity index (χ3v) is 3.86. The molecular weight excluding hydrogens is 512 g/mol. The van der Waals surface area contributed by atoms with Crippen LogP contribution in [0.2, 0.25) is 0 Å². The Kier molecular flexibility index (Phi) is 10.7. The number of pyridine rings is 1. The minimum Gasteiger partial charge on any atom is -0.484 e. The fourth-order valence-corrected chi connectivity index (χ4v) is 2.51. The minimum atomic E-state index is -4.40. The number of guanidine groups is 1. The monoisotopic (exact) mass is 538 g/mol. The van der Waals surface area contributed by atoms with Crippen LogP contribution >= 0.6 is 24.0 Å². The Labute approximate surface area is 191 Å². The van der Waals surface area contributed by atoms with Crippen molar-refractivity contribution < 1.29 is 22.6 Å². The van der Waals surface area contributed by atoms with Gasteiger partial charge in [0.05, 0.1) is 13.7 Å². The molecule has 0 aliphatic rings. The molecule has 30 heavy (non-hydrogen) atoms. The molecule has 1 aromatic heterocycles. The molecule has 0 saturated heterocycles. The summed E-state index contributed by atoms with van der Waals surface area (Å²) in [5, 5.41) is 6.22. The molecule has 0 amide bonds. The Morgan fingerprint density at radius 1 is 1.17 bits per heavy atom. The highest BCUT2D eigenvalue weighted by Gasteiger charge is 2.28. The summed E-state index contributed by atoms with van der Waals surface area (Å²) in [6.07, 6.45) is -2.76. The van der Waals surface area contributed by atoms with Crippen molar-refractivity contribution in [3.8, 4) is 11.6 Å². The Morgan fingerprint density at radius 3 is 2.60 bits per heavy atom. The van der Waals surface area contributed by atoms with E-state index in [-0.39, 0.29) is 36.3 Å². The van der Waals surface area contributed by atoms with Crippen molar-refractivity contribution in [3.63, 3.8) is 0 Å². The van der Waals surface area contributed by atoms with Crippen molar-refractivity contribution in [2.45, 2.75) is 33.1 Å². The first kappa shape index (κ1) is 25.8. The fraction of sp³-hybridized carbons (Fsp3) is 0.400. The molecule has 0 spiro atoms. The van der Waals surface area contributed by atoms with Gasteiger partial charge in [-0.1, -0.05) is 18.2 Å². The van der Waals surface area contributed by atoms with Crippen molar-refractivity contribution in [3.05, 3.63) is 53.2 Å². The number of ether oxygens (including phenoxy) is 2. The van der Waals surface area contributed by atoms with Crippen LogP contribution in [0.4, 0.5) is 13.2 Å². The summed E-state index contributed by atoms with van der Waals surface area (Å²) in [5.74, 6) is 1.20. The second-order valence-electron chi connectivity index (χ2n) is 6.24. The number of hydrogen-bond donors (Lipinski definition) is 2. The molecule has 0 atom stereocenters. The molecule has 0 bridgehead atoms. The lowest BCUT2D eigenvalue weighted by molar-refractivity contribution is -0.153. The second-order valence-corrected chi connectivity index (χ2v) is 6.24. The van der Waals surface area contributed by atoms with Crippen LogP contribution in [-0.2, 0) is 13.1 Å². The molecule has 166 valence electrons. The van der Waals surface area contributed by atoms with Gasteiger partial charge in [-0.05, 0) is 31.5 Å². The molecule has 0 unspecified atom stereocenters. The number of aryl methyl sites for hydroxylation is 1. The zero-order valence-electron chi connectivity index (χ0n) is 17.0. The van der Waals surface area contributed by atoms with Gasteiger partial charge in [-0.3, -0.25) is 0 Å². The highest BCUT2D eigenvalue weighted by molar-refractivity contribution is 14.0. The summed E-state index contributed by atoms with van der Waals surface area (Å²) in [6, 6.07) is 8.81. The summed E-state index contributed by atoms with van der Waals surface area (Å²) >= 11 is 0. The van der Waals surface area contributed by atoms with Crippen LogP contribution in [0.15, 0.2) is 41.5 Å². The van der Waals surface area contributed by atoms with Crippen LogP contribution in [-0.4, -0.2) is 37.4 Å². The van der Waals surface area contributed by atoms with E-state index in [9.17, 15) is 13.2 Å². The topological polar surface area (TPSA) is 67.8 Å². The van der Waals surface area contributed by atoms with Gasteiger partial charge >= 0.3 is 6.18 Å². The second kappa shape index (κ2) is 12.5. The van der Waals surface area contributed by atoms with Gasteiger partial charge in [-0.2, -0.15) is 13.2 Å².